The number of methoxy groups -OCH3 is 1. The van der Waals surface area contributed by atoms with E-state index in [-0.39, 0.29) is 19.0 Å². The Bertz CT molecular complexity index is 1300. The van der Waals surface area contributed by atoms with Crippen molar-refractivity contribution in [2.75, 3.05) is 14.2 Å². The lowest BCUT2D eigenvalue weighted by Gasteiger charge is -2.13. The maximum Gasteiger partial charge on any atom is 0.310 e. The molecule has 4 rings (SSSR count). The van der Waals surface area contributed by atoms with Gasteiger partial charge in [0, 0.05) is 35.3 Å². The van der Waals surface area contributed by atoms with Crippen LogP contribution >= 0.6 is 0 Å². The molecule has 33 heavy (non-hydrogen) atoms. The molecule has 2 heterocycles. The van der Waals surface area contributed by atoms with Crippen LogP contribution in [0.25, 0.3) is 22.1 Å². The van der Waals surface area contributed by atoms with Crippen molar-refractivity contribution in [1.82, 2.24) is 10.3 Å². The monoisotopic (exact) mass is 448 g/mol. The van der Waals surface area contributed by atoms with Crippen molar-refractivity contribution in [3.8, 4) is 16.9 Å². The summed E-state index contributed by atoms with van der Waals surface area (Å²) in [6.45, 7) is 2.81. The molecule has 1 N–H and O–H groups in total. The van der Waals surface area contributed by atoms with Crippen molar-refractivity contribution >= 4 is 16.9 Å². The van der Waals surface area contributed by atoms with Gasteiger partial charge in [0.05, 0.1) is 19.2 Å². The van der Waals surface area contributed by atoms with E-state index in [1.54, 1.807) is 6.20 Å². The number of aryl methyl sites for hydroxylation is 1. The van der Waals surface area contributed by atoms with Gasteiger partial charge in [0.15, 0.2) is 0 Å². The van der Waals surface area contributed by atoms with Gasteiger partial charge < -0.3 is 19.2 Å². The molecule has 0 atom stereocenters. The maximum atomic E-state index is 14.0. The van der Waals surface area contributed by atoms with E-state index in [4.69, 9.17) is 13.9 Å². The Morgan fingerprint density at radius 2 is 2.00 bits per heavy atom. The van der Waals surface area contributed by atoms with Crippen molar-refractivity contribution in [2.24, 2.45) is 0 Å². The molecule has 170 valence electrons. The summed E-state index contributed by atoms with van der Waals surface area (Å²) in [5, 5.41) is 3.73. The summed E-state index contributed by atoms with van der Waals surface area (Å²) in [5.41, 5.74) is 5.57. The first kappa shape index (κ1) is 22.5. The van der Waals surface area contributed by atoms with E-state index in [1.165, 1.54) is 13.2 Å². The first-order valence-corrected chi connectivity index (χ1v) is 10.6. The number of hydrogen-bond acceptors (Lipinski definition) is 6. The number of pyridine rings is 1. The molecule has 7 heteroatoms. The summed E-state index contributed by atoms with van der Waals surface area (Å²) in [6, 6.07) is 14.0. The lowest BCUT2D eigenvalue weighted by molar-refractivity contribution is -0.139. The Kier molecular flexibility index (Phi) is 6.70. The highest BCUT2D eigenvalue weighted by Crippen LogP contribution is 2.33. The van der Waals surface area contributed by atoms with Crippen LogP contribution in [0.4, 0.5) is 4.39 Å². The van der Waals surface area contributed by atoms with Crippen LogP contribution in [-0.4, -0.2) is 25.1 Å². The third-order valence-corrected chi connectivity index (χ3v) is 5.31. The van der Waals surface area contributed by atoms with E-state index in [0.717, 1.165) is 33.5 Å². The van der Waals surface area contributed by atoms with Crippen molar-refractivity contribution in [1.29, 1.82) is 0 Å². The molecule has 6 nitrogen and oxygen atoms in total. The molecule has 0 unspecified atom stereocenters. The molecule has 2 aromatic carbocycles. The number of carbonyl (C=O) groups is 1. The van der Waals surface area contributed by atoms with Crippen LogP contribution in [0.3, 0.4) is 0 Å². The minimum absolute atomic E-state index is 0.120. The Morgan fingerprint density at radius 3 is 2.79 bits per heavy atom. The molecular formula is C26H25FN2O4. The number of benzene rings is 2. The first-order valence-electron chi connectivity index (χ1n) is 10.6. The smallest absolute Gasteiger partial charge is 0.310 e. The molecule has 2 aromatic heterocycles. The summed E-state index contributed by atoms with van der Waals surface area (Å²) in [4.78, 5) is 16.1. The summed E-state index contributed by atoms with van der Waals surface area (Å²) in [6.07, 6.45) is 1.84. The average Bonchev–Trinajstić information content (AvgIpc) is 3.19. The molecule has 0 spiro atoms. The molecule has 0 aliphatic heterocycles. The van der Waals surface area contributed by atoms with Crippen LogP contribution in [0.15, 0.2) is 59.1 Å². The fourth-order valence-corrected chi connectivity index (χ4v) is 3.74. The van der Waals surface area contributed by atoms with E-state index >= 15 is 0 Å². The van der Waals surface area contributed by atoms with Gasteiger partial charge in [-0.1, -0.05) is 12.1 Å². The number of esters is 1. The number of nitrogens with one attached hydrogen (secondary N) is 1. The van der Waals surface area contributed by atoms with E-state index < -0.39 is 6.01 Å². The minimum atomic E-state index is -0.645. The summed E-state index contributed by atoms with van der Waals surface area (Å²) < 4.78 is 30.3. The number of halogens is 1. The first-order chi connectivity index (χ1) is 16.0. The molecule has 4 aromatic rings. The number of rotatable bonds is 8. The fraction of sp³-hybridized carbons (Fsp3) is 0.231. The van der Waals surface area contributed by atoms with Crippen LogP contribution in [0.5, 0.6) is 5.75 Å². The summed E-state index contributed by atoms with van der Waals surface area (Å²) in [7, 11) is 3.21. The molecule has 0 fully saturated rings. The van der Waals surface area contributed by atoms with Gasteiger partial charge in [-0.25, -0.2) is 0 Å². The predicted octanol–water partition coefficient (Wildman–Crippen LogP) is 4.96. The molecule has 0 aliphatic rings. The van der Waals surface area contributed by atoms with Gasteiger partial charge >= 0.3 is 5.97 Å². The predicted molar refractivity (Wildman–Crippen MR) is 123 cm³/mol. The molecule has 0 amide bonds. The van der Waals surface area contributed by atoms with Gasteiger partial charge in [-0.15, -0.1) is 0 Å². The topological polar surface area (TPSA) is 73.6 Å². The number of nitrogens with zero attached hydrogens (tertiary/aromatic N) is 1. The molecule has 0 saturated carbocycles. The van der Waals surface area contributed by atoms with E-state index in [0.29, 0.717) is 23.3 Å². The van der Waals surface area contributed by atoms with Crippen LogP contribution in [-0.2, 0) is 29.1 Å². The quantitative estimate of drug-likeness (QED) is 0.384. The zero-order chi connectivity index (χ0) is 23.4. The van der Waals surface area contributed by atoms with Gasteiger partial charge in [0.1, 0.15) is 17.9 Å². The number of carbonyl (C=O) groups excluding carboxylic acids is 1. The van der Waals surface area contributed by atoms with Gasteiger partial charge in [-0.2, -0.15) is 4.39 Å². The third kappa shape index (κ3) is 5.21. The van der Waals surface area contributed by atoms with Crippen molar-refractivity contribution in [3.63, 3.8) is 0 Å². The fourth-order valence-electron chi connectivity index (χ4n) is 3.74. The van der Waals surface area contributed by atoms with Gasteiger partial charge in [-0.3, -0.25) is 9.78 Å². The molecule has 0 bridgehead atoms. The number of ether oxygens (including phenoxy) is 2. The largest absolute Gasteiger partial charge is 0.489 e. The molecule has 0 saturated heterocycles. The number of aromatic nitrogens is 1. The Hall–Kier alpha value is -3.71. The van der Waals surface area contributed by atoms with Crippen LogP contribution in [0.2, 0.25) is 0 Å². The number of furan rings is 1. The lowest BCUT2D eigenvalue weighted by atomic mass is 10.0. The Labute approximate surface area is 191 Å². The van der Waals surface area contributed by atoms with Crippen LogP contribution in [0.1, 0.15) is 22.4 Å². The maximum absolute atomic E-state index is 14.0. The highest BCUT2D eigenvalue weighted by Gasteiger charge is 2.15. The number of fused-ring (bicyclic) bond motifs is 1. The Balaban J connectivity index is 1.68. The van der Waals surface area contributed by atoms with E-state index in [9.17, 15) is 9.18 Å². The summed E-state index contributed by atoms with van der Waals surface area (Å²) >= 11 is 0. The second-order valence-corrected chi connectivity index (χ2v) is 7.83. The molecular weight excluding hydrogens is 423 g/mol. The van der Waals surface area contributed by atoms with E-state index in [1.807, 2.05) is 56.4 Å². The summed E-state index contributed by atoms with van der Waals surface area (Å²) in [5.74, 6) is 0.275. The van der Waals surface area contributed by atoms with Gasteiger partial charge in [-0.05, 0) is 61.0 Å². The molecule has 0 radical (unpaired) electrons. The standard InChI is InChI=1S/C26H25FN2O4/c1-16-4-5-19(13-25(30)31-3)23(8-16)32-15-17-9-20-12-24(27)33-26(20)22(10-17)18-6-7-29-21(11-18)14-28-2/h4-12,28H,13-15H2,1-3H3. The molecule has 0 aliphatic carbocycles. The van der Waals surface area contributed by atoms with Gasteiger partial charge in [0.25, 0.3) is 6.01 Å². The zero-order valence-corrected chi connectivity index (χ0v) is 18.8. The lowest BCUT2D eigenvalue weighted by Crippen LogP contribution is -2.07. The van der Waals surface area contributed by atoms with Gasteiger partial charge in [0.2, 0.25) is 0 Å². The third-order valence-electron chi connectivity index (χ3n) is 5.31. The van der Waals surface area contributed by atoms with Crippen LogP contribution in [0, 0.1) is 12.9 Å². The minimum Gasteiger partial charge on any atom is -0.489 e. The van der Waals surface area contributed by atoms with Crippen molar-refractivity contribution in [2.45, 2.75) is 26.5 Å². The SMILES string of the molecule is CNCc1cc(-c2cc(COc3cc(C)ccc3CC(=O)OC)cc3cc(F)oc23)ccn1. The second kappa shape index (κ2) is 9.83. The highest BCUT2D eigenvalue weighted by atomic mass is 19.1. The van der Waals surface area contributed by atoms with E-state index in [2.05, 4.69) is 10.3 Å². The highest BCUT2D eigenvalue weighted by molar-refractivity contribution is 5.93. The Morgan fingerprint density at radius 1 is 1.15 bits per heavy atom. The average molecular weight is 448 g/mol. The normalized spacial score (nSPS) is 11.0. The van der Waals surface area contributed by atoms with Crippen molar-refractivity contribution in [3.05, 3.63) is 83.1 Å². The zero-order valence-electron chi connectivity index (χ0n) is 18.8. The van der Waals surface area contributed by atoms with Crippen molar-refractivity contribution < 1.29 is 23.1 Å². The van der Waals surface area contributed by atoms with Crippen LogP contribution < -0.4 is 10.1 Å². The second-order valence-electron chi connectivity index (χ2n) is 7.83. The number of hydrogen-bond donors (Lipinski definition) is 1.